The molecule has 1 unspecified atom stereocenters. The maximum absolute atomic E-state index is 11.9. The van der Waals surface area contributed by atoms with Gasteiger partial charge in [0.2, 0.25) is 0 Å². The molecule has 0 N–H and O–H groups in total. The molecule has 0 aromatic heterocycles. The molecule has 1 aromatic rings. The third-order valence-corrected chi connectivity index (χ3v) is 3.51. The first kappa shape index (κ1) is 14.1. The number of hydrogen-bond donors (Lipinski definition) is 0. The van der Waals surface area contributed by atoms with Crippen LogP contribution in [0.25, 0.3) is 6.08 Å². The maximum Gasteiger partial charge on any atom is 0.176 e. The van der Waals surface area contributed by atoms with E-state index in [0.29, 0.717) is 0 Å². The van der Waals surface area contributed by atoms with Crippen molar-refractivity contribution in [2.24, 2.45) is 0 Å². The first-order valence-electron chi connectivity index (χ1n) is 6.72. The number of ether oxygens (including phenoxy) is 1. The molecule has 1 fully saturated rings. The van der Waals surface area contributed by atoms with E-state index in [1.807, 2.05) is 44.2 Å². The van der Waals surface area contributed by atoms with Crippen LogP contribution in [0.1, 0.15) is 38.7 Å². The van der Waals surface area contributed by atoms with Crippen molar-refractivity contribution in [3.05, 3.63) is 35.4 Å². The first-order valence-corrected chi connectivity index (χ1v) is 7.15. The predicted octanol–water partition coefficient (Wildman–Crippen LogP) is 4.22. The topological polar surface area (TPSA) is 26.3 Å². The minimum atomic E-state index is -0.344. The zero-order valence-corrected chi connectivity index (χ0v) is 12.1. The molecule has 2 rings (SSSR count). The van der Waals surface area contributed by atoms with Gasteiger partial charge in [-0.2, -0.15) is 0 Å². The van der Waals surface area contributed by atoms with Crippen molar-refractivity contribution < 1.29 is 9.53 Å². The molecule has 19 heavy (non-hydrogen) atoms. The van der Waals surface area contributed by atoms with E-state index in [4.69, 9.17) is 16.3 Å². The third-order valence-electron chi connectivity index (χ3n) is 3.10. The summed E-state index contributed by atoms with van der Waals surface area (Å²) in [6.45, 7) is 3.99. The number of rotatable bonds is 3. The van der Waals surface area contributed by atoms with Gasteiger partial charge in [0.15, 0.2) is 5.78 Å². The molecule has 3 heteroatoms. The van der Waals surface area contributed by atoms with E-state index < -0.39 is 0 Å². The van der Waals surface area contributed by atoms with Crippen LogP contribution in [-0.2, 0) is 4.79 Å². The molecule has 102 valence electrons. The van der Waals surface area contributed by atoms with Crippen LogP contribution in [0.4, 0.5) is 0 Å². The SMILES string of the molecule is CC(C)Oc1ccc(C=C2CCCC(Cl)C2=O)cc1. The Bertz CT molecular complexity index is 474. The van der Waals surface area contributed by atoms with Crippen LogP contribution in [0, 0.1) is 0 Å². The highest BCUT2D eigenvalue weighted by Gasteiger charge is 2.24. The fraction of sp³-hybridized carbons (Fsp3) is 0.438. The Balaban J connectivity index is 2.12. The quantitative estimate of drug-likeness (QED) is 0.611. The van der Waals surface area contributed by atoms with Gasteiger partial charge in [-0.1, -0.05) is 12.1 Å². The van der Waals surface area contributed by atoms with Gasteiger partial charge in [0.25, 0.3) is 0 Å². The van der Waals surface area contributed by atoms with Gasteiger partial charge in [0.1, 0.15) is 5.75 Å². The maximum atomic E-state index is 11.9. The summed E-state index contributed by atoms with van der Waals surface area (Å²) >= 11 is 6.00. The molecule has 0 spiro atoms. The first-order chi connectivity index (χ1) is 9.06. The lowest BCUT2D eigenvalue weighted by atomic mass is 9.91. The van der Waals surface area contributed by atoms with Gasteiger partial charge >= 0.3 is 0 Å². The van der Waals surface area contributed by atoms with Gasteiger partial charge < -0.3 is 4.74 Å². The van der Waals surface area contributed by atoms with E-state index in [0.717, 1.165) is 36.1 Å². The normalized spacial score (nSPS) is 22.0. The number of Topliss-reactive ketones (excluding diaryl/α,β-unsaturated/α-hetero) is 1. The van der Waals surface area contributed by atoms with Crippen LogP contribution in [-0.4, -0.2) is 17.3 Å². The molecule has 1 aliphatic rings. The summed E-state index contributed by atoms with van der Waals surface area (Å²) in [6.07, 6.45) is 4.71. The minimum absolute atomic E-state index is 0.0791. The number of benzene rings is 1. The van der Waals surface area contributed by atoms with E-state index in [1.165, 1.54) is 0 Å². The summed E-state index contributed by atoms with van der Waals surface area (Å²) in [5, 5.41) is -0.344. The van der Waals surface area contributed by atoms with Crippen molar-refractivity contribution in [2.75, 3.05) is 0 Å². The van der Waals surface area contributed by atoms with Gasteiger partial charge in [0.05, 0.1) is 11.5 Å². The van der Waals surface area contributed by atoms with Crippen LogP contribution >= 0.6 is 11.6 Å². The number of carbonyl (C=O) groups is 1. The fourth-order valence-corrected chi connectivity index (χ4v) is 2.48. The van der Waals surface area contributed by atoms with Crippen LogP contribution in [0.15, 0.2) is 29.8 Å². The van der Waals surface area contributed by atoms with E-state index in [-0.39, 0.29) is 17.3 Å². The summed E-state index contributed by atoms with van der Waals surface area (Å²) < 4.78 is 5.59. The largest absolute Gasteiger partial charge is 0.491 e. The number of ketones is 1. The highest BCUT2D eigenvalue weighted by atomic mass is 35.5. The van der Waals surface area contributed by atoms with Gasteiger partial charge in [-0.3, -0.25) is 4.79 Å². The second-order valence-electron chi connectivity index (χ2n) is 5.13. The van der Waals surface area contributed by atoms with Crippen molar-refractivity contribution >= 4 is 23.5 Å². The van der Waals surface area contributed by atoms with Crippen molar-refractivity contribution in [2.45, 2.75) is 44.6 Å². The van der Waals surface area contributed by atoms with E-state index >= 15 is 0 Å². The van der Waals surface area contributed by atoms with Crippen molar-refractivity contribution in [1.29, 1.82) is 0 Å². The van der Waals surface area contributed by atoms with Gasteiger partial charge in [-0.05, 0) is 62.5 Å². The van der Waals surface area contributed by atoms with Crippen molar-refractivity contribution in [3.63, 3.8) is 0 Å². The highest BCUT2D eigenvalue weighted by molar-refractivity contribution is 6.34. The Morgan fingerprint density at radius 2 is 2.00 bits per heavy atom. The summed E-state index contributed by atoms with van der Waals surface area (Å²) in [7, 11) is 0. The number of halogens is 1. The lowest BCUT2D eigenvalue weighted by molar-refractivity contribution is -0.116. The predicted molar refractivity (Wildman–Crippen MR) is 78.7 cm³/mol. The van der Waals surface area contributed by atoms with Crippen LogP contribution in [0.5, 0.6) is 5.75 Å². The van der Waals surface area contributed by atoms with Crippen LogP contribution in [0.2, 0.25) is 0 Å². The average molecular weight is 279 g/mol. The zero-order chi connectivity index (χ0) is 13.8. The lowest BCUT2D eigenvalue weighted by Crippen LogP contribution is -2.21. The second-order valence-corrected chi connectivity index (χ2v) is 5.66. The number of alkyl halides is 1. The molecule has 2 nitrogen and oxygen atoms in total. The Labute approximate surface area is 119 Å². The molecule has 0 bridgehead atoms. The molecule has 1 aliphatic carbocycles. The van der Waals surface area contributed by atoms with Gasteiger partial charge in [-0.15, -0.1) is 11.6 Å². The zero-order valence-electron chi connectivity index (χ0n) is 11.4. The molecule has 0 radical (unpaired) electrons. The third kappa shape index (κ3) is 3.84. The van der Waals surface area contributed by atoms with Crippen LogP contribution in [0.3, 0.4) is 0 Å². The molecular formula is C16H19ClO2. The monoisotopic (exact) mass is 278 g/mol. The molecule has 0 heterocycles. The summed E-state index contributed by atoms with van der Waals surface area (Å²) in [6, 6.07) is 7.79. The molecule has 1 aromatic carbocycles. The number of allylic oxidation sites excluding steroid dienone is 1. The Hall–Kier alpha value is -1.28. The number of carbonyl (C=O) groups excluding carboxylic acids is 1. The molecule has 0 aliphatic heterocycles. The molecular weight excluding hydrogens is 260 g/mol. The number of hydrogen-bond acceptors (Lipinski definition) is 2. The molecule has 0 saturated heterocycles. The van der Waals surface area contributed by atoms with E-state index in [9.17, 15) is 4.79 Å². The van der Waals surface area contributed by atoms with Crippen molar-refractivity contribution in [3.8, 4) is 5.75 Å². The summed E-state index contributed by atoms with van der Waals surface area (Å²) in [4.78, 5) is 11.9. The summed E-state index contributed by atoms with van der Waals surface area (Å²) in [5.74, 6) is 0.928. The Morgan fingerprint density at radius 1 is 1.32 bits per heavy atom. The molecule has 1 atom stereocenters. The standard InChI is InChI=1S/C16H19ClO2/c1-11(2)19-14-8-6-12(7-9-14)10-13-4-3-5-15(17)16(13)18/h6-11,15H,3-5H2,1-2H3. The second kappa shape index (κ2) is 6.25. The smallest absolute Gasteiger partial charge is 0.176 e. The molecule has 0 amide bonds. The van der Waals surface area contributed by atoms with Gasteiger partial charge in [-0.25, -0.2) is 0 Å². The van der Waals surface area contributed by atoms with E-state index in [2.05, 4.69) is 0 Å². The lowest BCUT2D eigenvalue weighted by Gasteiger charge is -2.17. The minimum Gasteiger partial charge on any atom is -0.491 e. The van der Waals surface area contributed by atoms with Crippen LogP contribution < -0.4 is 4.74 Å². The van der Waals surface area contributed by atoms with Crippen molar-refractivity contribution in [1.82, 2.24) is 0 Å². The molecule has 1 saturated carbocycles. The van der Waals surface area contributed by atoms with E-state index in [1.54, 1.807) is 0 Å². The average Bonchev–Trinajstić information content (AvgIpc) is 2.37. The Kier molecular flexibility index (Phi) is 4.65. The fourth-order valence-electron chi connectivity index (χ4n) is 2.19. The highest BCUT2D eigenvalue weighted by Crippen LogP contribution is 2.26. The van der Waals surface area contributed by atoms with Gasteiger partial charge in [0, 0.05) is 0 Å². The Morgan fingerprint density at radius 3 is 2.63 bits per heavy atom. The summed E-state index contributed by atoms with van der Waals surface area (Å²) in [5.41, 5.74) is 1.86.